The van der Waals surface area contributed by atoms with Crippen molar-refractivity contribution >= 4 is 44.8 Å². The van der Waals surface area contributed by atoms with Gasteiger partial charge in [-0.2, -0.15) is 0 Å². The molecule has 5 rings (SSSR count). The van der Waals surface area contributed by atoms with Crippen LogP contribution in [0.25, 0.3) is 15.8 Å². The maximum atomic E-state index is 14.8. The lowest BCUT2D eigenvalue weighted by atomic mass is 10.1. The van der Waals surface area contributed by atoms with Gasteiger partial charge in [0.15, 0.2) is 11.6 Å². The van der Waals surface area contributed by atoms with Crippen molar-refractivity contribution in [1.29, 1.82) is 0 Å². The quantitative estimate of drug-likeness (QED) is 0.296. The Kier molecular flexibility index (Phi) is 8.70. The van der Waals surface area contributed by atoms with E-state index >= 15 is 0 Å². The molecule has 2 aliphatic rings. The summed E-state index contributed by atoms with van der Waals surface area (Å²) in [4.78, 5) is 31.9. The van der Waals surface area contributed by atoms with Gasteiger partial charge in [0, 0.05) is 74.6 Å². The molecule has 1 aliphatic carbocycles. The Bertz CT molecular complexity index is 1370. The third-order valence-electron chi connectivity index (χ3n) is 6.57. The number of halogens is 1. The molecule has 3 heterocycles. The number of ether oxygens (including phenoxy) is 2. The Morgan fingerprint density at radius 1 is 1.18 bits per heavy atom. The number of pyridine rings is 1. The Balaban J connectivity index is 1.22. The minimum Gasteiger partial charge on any atom is -0.453 e. The van der Waals surface area contributed by atoms with Crippen molar-refractivity contribution in [3.05, 3.63) is 53.3 Å². The van der Waals surface area contributed by atoms with Gasteiger partial charge in [0.1, 0.15) is 5.75 Å². The molecule has 2 aromatic heterocycles. The van der Waals surface area contributed by atoms with Crippen molar-refractivity contribution in [3.63, 3.8) is 0 Å². The molecule has 39 heavy (non-hydrogen) atoms. The van der Waals surface area contributed by atoms with Gasteiger partial charge in [-0.3, -0.25) is 9.78 Å². The summed E-state index contributed by atoms with van der Waals surface area (Å²) >= 11 is 1.54. The summed E-state index contributed by atoms with van der Waals surface area (Å²) < 4.78 is 26.6. The van der Waals surface area contributed by atoms with E-state index < -0.39 is 5.82 Å². The number of methoxy groups -OCH3 is 1. The van der Waals surface area contributed by atoms with Crippen LogP contribution in [-0.2, 0) is 9.53 Å². The van der Waals surface area contributed by atoms with Gasteiger partial charge in [-0.05, 0) is 43.0 Å². The number of amides is 3. The SMILES string of the molecule is COCCNCCC(=O)N1CC=C(c2cc3nccc(Oc4ccc(NC(=O)NC5CC5)cc4F)c3s2)CC1. The van der Waals surface area contributed by atoms with Crippen LogP contribution in [0, 0.1) is 5.82 Å². The lowest BCUT2D eigenvalue weighted by Crippen LogP contribution is -2.36. The minimum absolute atomic E-state index is 0.0633. The Hall–Kier alpha value is -3.54. The Morgan fingerprint density at radius 2 is 2.05 bits per heavy atom. The number of hydrogen-bond acceptors (Lipinski definition) is 7. The van der Waals surface area contributed by atoms with E-state index in [4.69, 9.17) is 9.47 Å². The topological polar surface area (TPSA) is 105 Å². The van der Waals surface area contributed by atoms with E-state index in [1.54, 1.807) is 36.8 Å². The van der Waals surface area contributed by atoms with E-state index in [9.17, 15) is 14.0 Å². The number of aromatic nitrogens is 1. The maximum Gasteiger partial charge on any atom is 0.319 e. The second-order valence-corrected chi connectivity index (χ2v) is 10.6. The number of nitrogens with zero attached hydrogens (tertiary/aromatic N) is 2. The molecule has 3 amide bonds. The average Bonchev–Trinajstić information content (AvgIpc) is 3.63. The molecule has 0 radical (unpaired) electrons. The molecule has 0 unspecified atom stereocenters. The molecular weight excluding hydrogens is 521 g/mol. The number of hydrogen-bond donors (Lipinski definition) is 3. The molecule has 3 aromatic rings. The third-order valence-corrected chi connectivity index (χ3v) is 7.79. The van der Waals surface area contributed by atoms with Crippen LogP contribution in [0.15, 0.2) is 42.6 Å². The number of anilines is 1. The van der Waals surface area contributed by atoms with Gasteiger partial charge in [0.2, 0.25) is 5.91 Å². The van der Waals surface area contributed by atoms with Crippen LogP contribution in [-0.4, -0.2) is 67.8 Å². The van der Waals surface area contributed by atoms with Crippen molar-refractivity contribution in [2.45, 2.75) is 31.7 Å². The minimum atomic E-state index is -0.574. The number of fused-ring (bicyclic) bond motifs is 1. The lowest BCUT2D eigenvalue weighted by Gasteiger charge is -2.26. The first-order valence-electron chi connectivity index (χ1n) is 13.1. The highest BCUT2D eigenvalue weighted by molar-refractivity contribution is 7.20. The molecule has 0 bridgehead atoms. The monoisotopic (exact) mass is 553 g/mol. The highest BCUT2D eigenvalue weighted by Crippen LogP contribution is 2.39. The first-order valence-corrected chi connectivity index (χ1v) is 13.9. The highest BCUT2D eigenvalue weighted by atomic mass is 32.1. The van der Waals surface area contributed by atoms with Gasteiger partial charge in [-0.25, -0.2) is 9.18 Å². The second kappa shape index (κ2) is 12.5. The largest absolute Gasteiger partial charge is 0.453 e. The van der Waals surface area contributed by atoms with Crippen LogP contribution < -0.4 is 20.7 Å². The highest BCUT2D eigenvalue weighted by Gasteiger charge is 2.23. The first kappa shape index (κ1) is 27.0. The number of carbonyl (C=O) groups is 2. The zero-order valence-electron chi connectivity index (χ0n) is 21.8. The number of carbonyl (C=O) groups excluding carboxylic acids is 2. The molecule has 1 aromatic carbocycles. The molecule has 0 spiro atoms. The van der Waals surface area contributed by atoms with Crippen LogP contribution in [0.4, 0.5) is 14.9 Å². The second-order valence-electron chi connectivity index (χ2n) is 9.57. The summed E-state index contributed by atoms with van der Waals surface area (Å²) in [6.07, 6.45) is 6.90. The Morgan fingerprint density at radius 3 is 2.79 bits per heavy atom. The van der Waals surface area contributed by atoms with E-state index in [2.05, 4.69) is 27.0 Å². The van der Waals surface area contributed by atoms with Gasteiger partial charge >= 0.3 is 6.03 Å². The molecule has 11 heteroatoms. The van der Waals surface area contributed by atoms with Crippen molar-refractivity contribution in [1.82, 2.24) is 20.5 Å². The molecule has 9 nitrogen and oxygen atoms in total. The fourth-order valence-corrected chi connectivity index (χ4v) is 5.42. The van der Waals surface area contributed by atoms with Gasteiger partial charge in [-0.1, -0.05) is 6.08 Å². The van der Waals surface area contributed by atoms with Crippen LogP contribution in [0.1, 0.15) is 30.6 Å². The summed E-state index contributed by atoms with van der Waals surface area (Å²) in [6, 6.07) is 7.96. The lowest BCUT2D eigenvalue weighted by molar-refractivity contribution is -0.130. The summed E-state index contributed by atoms with van der Waals surface area (Å²) in [5.41, 5.74) is 2.29. The van der Waals surface area contributed by atoms with Crippen molar-refractivity contribution in [2.75, 3.05) is 45.2 Å². The maximum absolute atomic E-state index is 14.8. The molecule has 206 valence electrons. The fourth-order valence-electron chi connectivity index (χ4n) is 4.29. The number of benzene rings is 1. The number of thiophene rings is 1. The zero-order valence-corrected chi connectivity index (χ0v) is 22.6. The van der Waals surface area contributed by atoms with E-state index in [-0.39, 0.29) is 23.7 Å². The molecule has 1 aliphatic heterocycles. The van der Waals surface area contributed by atoms with Crippen molar-refractivity contribution in [3.8, 4) is 11.5 Å². The van der Waals surface area contributed by atoms with E-state index in [1.165, 1.54) is 12.1 Å². The standard InChI is InChI=1S/C28H32FN5O4S/c1-37-15-12-30-10-7-26(35)34-13-8-18(9-14-34)25-17-22-27(39-25)24(6-11-31-22)38-23-5-4-20(16-21(23)29)33-28(36)32-19-2-3-19/h4-6,8,11,16-17,19,30H,2-3,7,9-10,12-15H2,1H3,(H2,32,33,36). The van der Waals surface area contributed by atoms with E-state index in [1.807, 2.05) is 11.0 Å². The predicted octanol–water partition coefficient (Wildman–Crippen LogP) is 4.75. The van der Waals surface area contributed by atoms with Gasteiger partial charge in [0.25, 0.3) is 0 Å². The first-order chi connectivity index (χ1) is 19.0. The molecular formula is C28H32FN5O4S. The third kappa shape index (κ3) is 7.11. The predicted molar refractivity (Wildman–Crippen MR) is 150 cm³/mol. The smallest absolute Gasteiger partial charge is 0.319 e. The summed E-state index contributed by atoms with van der Waals surface area (Å²) in [7, 11) is 1.65. The van der Waals surface area contributed by atoms with Gasteiger partial charge in [-0.15, -0.1) is 11.3 Å². The average molecular weight is 554 g/mol. The normalized spacial score (nSPS) is 15.2. The molecule has 1 saturated carbocycles. The van der Waals surface area contributed by atoms with E-state index in [0.29, 0.717) is 44.1 Å². The molecule has 0 saturated heterocycles. The molecule has 1 fully saturated rings. The number of nitrogens with one attached hydrogen (secondary N) is 3. The fraction of sp³-hybridized carbons (Fsp3) is 0.393. The van der Waals surface area contributed by atoms with Gasteiger partial charge < -0.3 is 30.3 Å². The van der Waals surface area contributed by atoms with Crippen LogP contribution >= 0.6 is 11.3 Å². The zero-order chi connectivity index (χ0) is 27.2. The molecule has 3 N–H and O–H groups in total. The van der Waals surface area contributed by atoms with E-state index in [0.717, 1.165) is 46.5 Å². The Labute approximate surface area is 230 Å². The number of urea groups is 1. The van der Waals surface area contributed by atoms with Crippen LogP contribution in [0.5, 0.6) is 11.5 Å². The summed E-state index contributed by atoms with van der Waals surface area (Å²) in [5.74, 6) is 0.134. The van der Waals surface area contributed by atoms with Crippen LogP contribution in [0.3, 0.4) is 0 Å². The molecule has 0 atom stereocenters. The number of rotatable bonds is 11. The van der Waals surface area contributed by atoms with Crippen molar-refractivity contribution < 1.29 is 23.5 Å². The van der Waals surface area contributed by atoms with Crippen molar-refractivity contribution in [2.24, 2.45) is 0 Å². The summed E-state index contributed by atoms with van der Waals surface area (Å²) in [6.45, 7) is 3.23. The van der Waals surface area contributed by atoms with Gasteiger partial charge in [0.05, 0.1) is 16.8 Å². The van der Waals surface area contributed by atoms with Crippen LogP contribution in [0.2, 0.25) is 0 Å². The summed E-state index contributed by atoms with van der Waals surface area (Å²) in [5, 5.41) is 8.66.